The molecule has 7 nitrogen and oxygen atoms in total. The van der Waals surface area contributed by atoms with Gasteiger partial charge >= 0.3 is 0 Å². The first-order chi connectivity index (χ1) is 13.1. The number of ether oxygens (including phenoxy) is 1. The lowest BCUT2D eigenvalue weighted by Crippen LogP contribution is -2.36. The van der Waals surface area contributed by atoms with E-state index in [1.54, 1.807) is 43.3 Å². The Kier molecular flexibility index (Phi) is 5.80. The molecule has 0 unspecified atom stereocenters. The molecule has 1 aromatic heterocycles. The Morgan fingerprint density at radius 2 is 1.89 bits per heavy atom. The van der Waals surface area contributed by atoms with E-state index in [2.05, 4.69) is 10.3 Å². The lowest BCUT2D eigenvalue weighted by molar-refractivity contribution is -0.130. The van der Waals surface area contributed by atoms with Gasteiger partial charge in [0.1, 0.15) is 17.8 Å². The van der Waals surface area contributed by atoms with E-state index in [9.17, 15) is 9.59 Å². The molecule has 27 heavy (non-hydrogen) atoms. The normalized spacial score (nSPS) is 10.7. The number of aryl methyl sites for hydroxylation is 1. The van der Waals surface area contributed by atoms with Crippen LogP contribution in [0.2, 0.25) is 0 Å². The number of likely N-dealkylation sites (N-methyl/N-ethyl adjacent to an activating group) is 1. The summed E-state index contributed by atoms with van der Waals surface area (Å²) in [6.45, 7) is 0.482. The fourth-order valence-electron chi connectivity index (χ4n) is 2.81. The van der Waals surface area contributed by atoms with E-state index in [-0.39, 0.29) is 18.0 Å². The van der Waals surface area contributed by atoms with Crippen LogP contribution in [0.25, 0.3) is 10.9 Å². The Morgan fingerprint density at radius 1 is 1.15 bits per heavy atom. The van der Waals surface area contributed by atoms with Crippen LogP contribution in [0.1, 0.15) is 12.0 Å². The standard InChI is InChI=1S/C20H22N4O3/c1-23(13-5-6-15-9-11-16(27-2)12-10-15)19(25)14-24-20(26)17-7-3-4-8-18(17)21-22-24/h3-4,7-12H,5-6,13-14H2,1-2H3. The summed E-state index contributed by atoms with van der Waals surface area (Å²) in [6.07, 6.45) is 1.68. The Bertz CT molecular complexity index is 982. The van der Waals surface area contributed by atoms with Gasteiger partial charge < -0.3 is 9.64 Å². The van der Waals surface area contributed by atoms with Crippen molar-refractivity contribution in [2.24, 2.45) is 0 Å². The predicted octanol–water partition coefficient (Wildman–Crippen LogP) is 1.89. The van der Waals surface area contributed by atoms with Gasteiger partial charge in [-0.2, -0.15) is 0 Å². The molecule has 0 fully saturated rings. The zero-order chi connectivity index (χ0) is 19.2. The van der Waals surface area contributed by atoms with Gasteiger partial charge in [0, 0.05) is 13.6 Å². The van der Waals surface area contributed by atoms with Gasteiger partial charge in [0.05, 0.1) is 12.5 Å². The summed E-state index contributed by atoms with van der Waals surface area (Å²) in [5.74, 6) is 0.657. The van der Waals surface area contributed by atoms with Crippen molar-refractivity contribution in [2.45, 2.75) is 19.4 Å². The number of methoxy groups -OCH3 is 1. The highest BCUT2D eigenvalue weighted by Gasteiger charge is 2.13. The van der Waals surface area contributed by atoms with Gasteiger partial charge in [-0.1, -0.05) is 29.5 Å². The van der Waals surface area contributed by atoms with Gasteiger partial charge in [0.2, 0.25) is 5.91 Å². The van der Waals surface area contributed by atoms with Gasteiger partial charge in [-0.25, -0.2) is 4.68 Å². The molecule has 0 saturated carbocycles. The number of carbonyl (C=O) groups is 1. The number of aromatic nitrogens is 3. The summed E-state index contributed by atoms with van der Waals surface area (Å²) >= 11 is 0. The molecular formula is C20H22N4O3. The van der Waals surface area contributed by atoms with Crippen LogP contribution >= 0.6 is 0 Å². The van der Waals surface area contributed by atoms with Crippen LogP contribution in [-0.2, 0) is 17.8 Å². The van der Waals surface area contributed by atoms with Crippen LogP contribution in [0.15, 0.2) is 53.3 Å². The quantitative estimate of drug-likeness (QED) is 0.638. The summed E-state index contributed by atoms with van der Waals surface area (Å²) in [5, 5.41) is 8.33. The van der Waals surface area contributed by atoms with Crippen molar-refractivity contribution in [1.82, 2.24) is 19.9 Å². The molecule has 0 N–H and O–H groups in total. The van der Waals surface area contributed by atoms with Crippen molar-refractivity contribution >= 4 is 16.8 Å². The number of benzene rings is 2. The van der Waals surface area contributed by atoms with Gasteiger partial charge in [-0.05, 0) is 42.7 Å². The summed E-state index contributed by atoms with van der Waals surface area (Å²) < 4.78 is 6.26. The number of carbonyl (C=O) groups excluding carboxylic acids is 1. The maximum atomic E-state index is 12.4. The van der Waals surface area contributed by atoms with E-state index >= 15 is 0 Å². The zero-order valence-corrected chi connectivity index (χ0v) is 15.5. The second-order valence-electron chi connectivity index (χ2n) is 6.34. The number of fused-ring (bicyclic) bond motifs is 1. The van der Waals surface area contributed by atoms with E-state index in [0.29, 0.717) is 17.4 Å². The first kappa shape index (κ1) is 18.6. The maximum absolute atomic E-state index is 12.4. The molecule has 0 radical (unpaired) electrons. The lowest BCUT2D eigenvalue weighted by atomic mass is 10.1. The minimum Gasteiger partial charge on any atom is -0.497 e. The molecule has 7 heteroatoms. The molecule has 3 rings (SSSR count). The van der Waals surface area contributed by atoms with E-state index in [1.165, 1.54) is 5.56 Å². The molecule has 0 spiro atoms. The molecular weight excluding hydrogens is 344 g/mol. The van der Waals surface area contributed by atoms with Crippen LogP contribution in [0.5, 0.6) is 5.75 Å². The molecule has 140 valence electrons. The van der Waals surface area contributed by atoms with Crippen molar-refractivity contribution in [3.63, 3.8) is 0 Å². The predicted molar refractivity (Wildman–Crippen MR) is 103 cm³/mol. The molecule has 1 heterocycles. The number of hydrogen-bond acceptors (Lipinski definition) is 5. The SMILES string of the molecule is COc1ccc(CCCN(C)C(=O)Cn2nnc3ccccc3c2=O)cc1. The summed E-state index contributed by atoms with van der Waals surface area (Å²) in [7, 11) is 3.37. The van der Waals surface area contributed by atoms with Crippen LogP contribution in [0.4, 0.5) is 0 Å². The van der Waals surface area contributed by atoms with Crippen molar-refractivity contribution in [1.29, 1.82) is 0 Å². The van der Waals surface area contributed by atoms with Crippen LogP contribution < -0.4 is 10.3 Å². The number of nitrogens with zero attached hydrogens (tertiary/aromatic N) is 4. The molecule has 0 aliphatic carbocycles. The van der Waals surface area contributed by atoms with Crippen molar-refractivity contribution in [3.8, 4) is 5.75 Å². The fraction of sp³-hybridized carbons (Fsp3) is 0.300. The van der Waals surface area contributed by atoms with Crippen molar-refractivity contribution < 1.29 is 9.53 Å². The van der Waals surface area contributed by atoms with E-state index < -0.39 is 0 Å². The topological polar surface area (TPSA) is 77.3 Å². The Balaban J connectivity index is 1.56. The molecule has 2 aromatic carbocycles. The molecule has 0 aliphatic rings. The monoisotopic (exact) mass is 366 g/mol. The fourth-order valence-corrected chi connectivity index (χ4v) is 2.81. The molecule has 0 atom stereocenters. The first-order valence-corrected chi connectivity index (χ1v) is 8.78. The lowest BCUT2D eigenvalue weighted by Gasteiger charge is -2.17. The van der Waals surface area contributed by atoms with Crippen LogP contribution in [0.3, 0.4) is 0 Å². The molecule has 0 saturated heterocycles. The summed E-state index contributed by atoms with van der Waals surface area (Å²) in [5.41, 5.74) is 1.41. The Labute approximate surface area is 157 Å². The maximum Gasteiger partial charge on any atom is 0.278 e. The number of hydrogen-bond donors (Lipinski definition) is 0. The van der Waals surface area contributed by atoms with E-state index in [1.807, 2.05) is 24.3 Å². The highest BCUT2D eigenvalue weighted by atomic mass is 16.5. The molecule has 0 bridgehead atoms. The molecule has 1 amide bonds. The number of rotatable bonds is 7. The zero-order valence-electron chi connectivity index (χ0n) is 15.5. The molecule has 3 aromatic rings. The first-order valence-electron chi connectivity index (χ1n) is 8.78. The van der Waals surface area contributed by atoms with E-state index in [0.717, 1.165) is 23.3 Å². The highest BCUT2D eigenvalue weighted by molar-refractivity contribution is 5.78. The number of amides is 1. The second kappa shape index (κ2) is 8.44. The van der Waals surface area contributed by atoms with Crippen molar-refractivity contribution in [2.75, 3.05) is 20.7 Å². The Morgan fingerprint density at radius 3 is 2.63 bits per heavy atom. The summed E-state index contributed by atoms with van der Waals surface area (Å²) in [6, 6.07) is 14.9. The largest absolute Gasteiger partial charge is 0.497 e. The van der Waals surface area contributed by atoms with Crippen LogP contribution in [0, 0.1) is 0 Å². The van der Waals surface area contributed by atoms with Gasteiger partial charge in [0.25, 0.3) is 5.56 Å². The van der Waals surface area contributed by atoms with E-state index in [4.69, 9.17) is 4.74 Å². The smallest absolute Gasteiger partial charge is 0.278 e. The third-order valence-electron chi connectivity index (χ3n) is 4.46. The van der Waals surface area contributed by atoms with Gasteiger partial charge in [0.15, 0.2) is 0 Å². The molecule has 0 aliphatic heterocycles. The minimum atomic E-state index is -0.305. The van der Waals surface area contributed by atoms with Crippen LogP contribution in [-0.4, -0.2) is 46.5 Å². The third-order valence-corrected chi connectivity index (χ3v) is 4.46. The average molecular weight is 366 g/mol. The van der Waals surface area contributed by atoms with Crippen molar-refractivity contribution in [3.05, 3.63) is 64.4 Å². The minimum absolute atomic E-state index is 0.115. The third kappa shape index (κ3) is 4.49. The summed E-state index contributed by atoms with van der Waals surface area (Å²) in [4.78, 5) is 26.4. The second-order valence-corrected chi connectivity index (χ2v) is 6.34. The van der Waals surface area contributed by atoms with Gasteiger partial charge in [-0.15, -0.1) is 5.10 Å². The Hall–Kier alpha value is -3.22. The van der Waals surface area contributed by atoms with Gasteiger partial charge in [-0.3, -0.25) is 9.59 Å². The highest BCUT2D eigenvalue weighted by Crippen LogP contribution is 2.12. The average Bonchev–Trinajstić information content (AvgIpc) is 2.70.